The Labute approximate surface area is 107 Å². The van der Waals surface area contributed by atoms with Crippen LogP contribution in [0, 0.1) is 0 Å². The monoisotopic (exact) mass is 275 g/mol. The number of benzene rings is 1. The first-order chi connectivity index (χ1) is 7.96. The van der Waals surface area contributed by atoms with Gasteiger partial charge in [0.05, 0.1) is 6.61 Å². The smallest absolute Gasteiger partial charge is 0.377 e. The van der Waals surface area contributed by atoms with Crippen LogP contribution in [-0.4, -0.2) is 18.0 Å². The zero-order chi connectivity index (χ0) is 12.9. The van der Waals surface area contributed by atoms with Crippen molar-refractivity contribution in [3.05, 3.63) is 29.8 Å². The van der Waals surface area contributed by atoms with Crippen LogP contribution in [0.2, 0.25) is 0 Å². The summed E-state index contributed by atoms with van der Waals surface area (Å²) in [5.41, 5.74) is 6.28. The minimum absolute atomic E-state index is 0.192. The Morgan fingerprint density at radius 1 is 1.41 bits per heavy atom. The van der Waals surface area contributed by atoms with Gasteiger partial charge in [-0.15, -0.1) is 0 Å². The first kappa shape index (κ1) is 14.6. The average molecular weight is 275 g/mol. The molecule has 0 fully saturated rings. The van der Waals surface area contributed by atoms with Crippen LogP contribution < -0.4 is 10.3 Å². The second-order valence-corrected chi connectivity index (χ2v) is 6.64. The van der Waals surface area contributed by atoms with Gasteiger partial charge < -0.3 is 15.2 Å². The van der Waals surface area contributed by atoms with Crippen LogP contribution in [0.5, 0.6) is 5.75 Å². The summed E-state index contributed by atoms with van der Waals surface area (Å²) in [6.07, 6.45) is 0. The molecule has 0 spiro atoms. The van der Waals surface area contributed by atoms with E-state index in [0.29, 0.717) is 12.3 Å². The Bertz CT molecular complexity index is 411. The first-order valence-corrected chi connectivity index (χ1v) is 8.01. The summed E-state index contributed by atoms with van der Waals surface area (Å²) in [7, 11) is 0. The van der Waals surface area contributed by atoms with E-state index >= 15 is 0 Å². The van der Waals surface area contributed by atoms with Crippen LogP contribution in [0.4, 0.5) is 0 Å². The number of para-hydroxylation sites is 1. The van der Waals surface area contributed by atoms with Crippen molar-refractivity contribution in [1.29, 1.82) is 0 Å². The fourth-order valence-electron chi connectivity index (χ4n) is 1.36. The van der Waals surface area contributed by atoms with E-state index in [1.165, 1.54) is 0 Å². The van der Waals surface area contributed by atoms with Crippen molar-refractivity contribution in [2.75, 3.05) is 13.2 Å². The maximum Gasteiger partial charge on any atom is 0.377 e. The molecular formula is C11H18NO3PS. The first-order valence-electron chi connectivity index (χ1n) is 5.42. The summed E-state index contributed by atoms with van der Waals surface area (Å²) in [5.74, 6) is 0.862. The van der Waals surface area contributed by atoms with Crippen molar-refractivity contribution < 1.29 is 13.9 Å². The number of hydrogen-bond donors (Lipinski definition) is 2. The highest BCUT2D eigenvalue weighted by atomic mass is 32.5. The third kappa shape index (κ3) is 4.74. The fourth-order valence-corrected chi connectivity index (χ4v) is 2.63. The highest BCUT2D eigenvalue weighted by Crippen LogP contribution is 2.45. The van der Waals surface area contributed by atoms with Gasteiger partial charge in [-0.3, -0.25) is 4.52 Å². The van der Waals surface area contributed by atoms with E-state index in [1.807, 2.05) is 32.0 Å². The number of hydrogen-bond acceptors (Lipinski definition) is 4. The lowest BCUT2D eigenvalue weighted by Crippen LogP contribution is -2.09. The molecule has 1 rings (SSSR count). The largest absolute Gasteiger partial charge is 0.424 e. The van der Waals surface area contributed by atoms with E-state index < -0.39 is 6.72 Å². The summed E-state index contributed by atoms with van der Waals surface area (Å²) < 4.78 is 10.5. The van der Waals surface area contributed by atoms with Crippen molar-refractivity contribution in [2.45, 2.75) is 19.8 Å². The molecule has 96 valence electrons. The molecule has 0 aliphatic heterocycles. The third-order valence-electron chi connectivity index (χ3n) is 2.13. The lowest BCUT2D eigenvalue weighted by atomic mass is 10.0. The highest BCUT2D eigenvalue weighted by molar-refractivity contribution is 8.07. The Morgan fingerprint density at radius 3 is 2.65 bits per heavy atom. The topological polar surface area (TPSA) is 64.7 Å². The van der Waals surface area contributed by atoms with Crippen molar-refractivity contribution in [3.63, 3.8) is 0 Å². The highest BCUT2D eigenvalue weighted by Gasteiger charge is 2.19. The molecule has 0 radical (unpaired) electrons. The molecule has 0 bridgehead atoms. The molecule has 0 saturated carbocycles. The van der Waals surface area contributed by atoms with Gasteiger partial charge in [-0.2, -0.15) is 0 Å². The zero-order valence-corrected chi connectivity index (χ0v) is 11.7. The van der Waals surface area contributed by atoms with E-state index in [0.717, 1.165) is 5.56 Å². The molecule has 0 aromatic heterocycles. The van der Waals surface area contributed by atoms with Crippen molar-refractivity contribution in [1.82, 2.24) is 0 Å². The van der Waals surface area contributed by atoms with Gasteiger partial charge in [0.2, 0.25) is 0 Å². The quantitative estimate of drug-likeness (QED) is 0.780. The Kier molecular flexibility index (Phi) is 5.56. The molecule has 0 aliphatic rings. The van der Waals surface area contributed by atoms with Crippen LogP contribution in [0.3, 0.4) is 0 Å². The maximum absolute atomic E-state index is 9.83. The zero-order valence-electron chi connectivity index (χ0n) is 10.00. The Balaban J connectivity index is 2.84. The molecule has 1 atom stereocenters. The number of rotatable bonds is 6. The molecule has 1 aromatic carbocycles. The minimum atomic E-state index is -3.24. The lowest BCUT2D eigenvalue weighted by molar-refractivity contribution is 0.263. The molecule has 1 unspecified atom stereocenters. The Morgan fingerprint density at radius 2 is 2.06 bits per heavy atom. The van der Waals surface area contributed by atoms with Crippen LogP contribution in [0.1, 0.15) is 25.3 Å². The predicted molar refractivity (Wildman–Crippen MR) is 72.7 cm³/mol. The van der Waals surface area contributed by atoms with Crippen molar-refractivity contribution in [3.8, 4) is 5.75 Å². The second-order valence-electron chi connectivity index (χ2n) is 3.87. The van der Waals surface area contributed by atoms with Crippen molar-refractivity contribution in [2.24, 2.45) is 5.73 Å². The third-order valence-corrected chi connectivity index (χ3v) is 3.60. The molecule has 17 heavy (non-hydrogen) atoms. The molecule has 0 amide bonds. The normalized spacial score (nSPS) is 14.6. The van der Waals surface area contributed by atoms with Gasteiger partial charge in [-0.05, 0) is 17.5 Å². The molecule has 0 aliphatic carbocycles. The van der Waals surface area contributed by atoms with Crippen LogP contribution in [0.15, 0.2) is 24.3 Å². The van der Waals surface area contributed by atoms with Crippen LogP contribution in [-0.2, 0) is 16.3 Å². The SMILES string of the molecule is CC(C)c1ccccc1OP(O)(=S)OCCN. The summed E-state index contributed by atoms with van der Waals surface area (Å²) in [6, 6.07) is 7.47. The molecule has 4 nitrogen and oxygen atoms in total. The summed E-state index contributed by atoms with van der Waals surface area (Å²) >= 11 is 4.90. The molecule has 0 saturated heterocycles. The molecule has 1 aromatic rings. The minimum Gasteiger partial charge on any atom is -0.424 e. The van der Waals surface area contributed by atoms with Gasteiger partial charge in [0, 0.05) is 18.4 Å². The van der Waals surface area contributed by atoms with Gasteiger partial charge in [0.25, 0.3) is 0 Å². The molecule has 3 N–H and O–H groups in total. The number of nitrogens with two attached hydrogens (primary N) is 1. The van der Waals surface area contributed by atoms with E-state index in [1.54, 1.807) is 6.07 Å². The summed E-state index contributed by atoms with van der Waals surface area (Å²) in [4.78, 5) is 9.83. The average Bonchev–Trinajstić information content (AvgIpc) is 2.26. The van der Waals surface area contributed by atoms with Gasteiger partial charge in [-0.25, -0.2) is 0 Å². The predicted octanol–water partition coefficient (Wildman–Crippen LogP) is 2.38. The second kappa shape index (κ2) is 6.47. The van der Waals surface area contributed by atoms with Gasteiger partial charge in [-0.1, -0.05) is 32.0 Å². The maximum atomic E-state index is 9.83. The van der Waals surface area contributed by atoms with Crippen LogP contribution >= 0.6 is 6.72 Å². The van der Waals surface area contributed by atoms with E-state index in [2.05, 4.69) is 0 Å². The standard InChI is InChI=1S/C11H18NO3PS/c1-9(2)10-5-3-4-6-11(10)15-16(13,17)14-8-7-12/h3-6,9H,7-8,12H2,1-2H3,(H,13,17). The van der Waals surface area contributed by atoms with Crippen LogP contribution in [0.25, 0.3) is 0 Å². The van der Waals surface area contributed by atoms with Gasteiger partial charge in [0.15, 0.2) is 0 Å². The molecular weight excluding hydrogens is 257 g/mol. The van der Waals surface area contributed by atoms with Crippen molar-refractivity contribution >= 4 is 18.5 Å². The summed E-state index contributed by atoms with van der Waals surface area (Å²) in [6.45, 7) is 1.34. The van der Waals surface area contributed by atoms with E-state index in [9.17, 15) is 4.89 Å². The van der Waals surface area contributed by atoms with E-state index in [4.69, 9.17) is 26.6 Å². The fraction of sp³-hybridized carbons (Fsp3) is 0.455. The van der Waals surface area contributed by atoms with Gasteiger partial charge in [0.1, 0.15) is 5.75 Å². The molecule has 6 heteroatoms. The summed E-state index contributed by atoms with van der Waals surface area (Å²) in [5, 5.41) is 0. The van der Waals surface area contributed by atoms with Gasteiger partial charge >= 0.3 is 6.72 Å². The van der Waals surface area contributed by atoms with E-state index in [-0.39, 0.29) is 12.5 Å². The molecule has 0 heterocycles. The Hall–Kier alpha value is -0.450. The lowest BCUT2D eigenvalue weighted by Gasteiger charge is -2.19.